The molecule has 0 spiro atoms. The highest BCUT2D eigenvalue weighted by Gasteiger charge is 2.42. The van der Waals surface area contributed by atoms with E-state index in [-0.39, 0.29) is 38.1 Å². The summed E-state index contributed by atoms with van der Waals surface area (Å²) in [5.74, 6) is -0.748. The van der Waals surface area contributed by atoms with Gasteiger partial charge in [-0.15, -0.1) is 0 Å². The standard InChI is InChI=1S/C24H29N3O5/c1-31-20-14-21(27(16-20)24(30)32-17-19-10-6-3-7-11-19)23(29)26(13-12-22(25)28)15-18-8-4-2-5-9-18/h2-11,20-21H,12-17H2,1H3,(H2,25,28)/t20-,21-/m1/s1. The molecule has 1 fully saturated rings. The van der Waals surface area contributed by atoms with Crippen molar-refractivity contribution >= 4 is 17.9 Å². The van der Waals surface area contributed by atoms with Crippen molar-refractivity contribution in [2.75, 3.05) is 20.2 Å². The molecule has 2 aromatic carbocycles. The van der Waals surface area contributed by atoms with Gasteiger partial charge >= 0.3 is 6.09 Å². The number of ether oxygens (including phenoxy) is 2. The molecule has 2 aromatic rings. The predicted molar refractivity (Wildman–Crippen MR) is 118 cm³/mol. The number of amides is 3. The lowest BCUT2D eigenvalue weighted by atomic mass is 10.1. The Bertz CT molecular complexity index is 906. The lowest BCUT2D eigenvalue weighted by Crippen LogP contribution is -2.48. The van der Waals surface area contributed by atoms with Crippen LogP contribution in [-0.4, -0.2) is 60.1 Å². The predicted octanol–water partition coefficient (Wildman–Crippen LogP) is 2.32. The van der Waals surface area contributed by atoms with Crippen molar-refractivity contribution in [1.82, 2.24) is 9.80 Å². The van der Waals surface area contributed by atoms with Crippen LogP contribution < -0.4 is 5.73 Å². The topological polar surface area (TPSA) is 102 Å². The van der Waals surface area contributed by atoms with E-state index in [1.54, 1.807) is 12.0 Å². The van der Waals surface area contributed by atoms with Crippen LogP contribution in [0.15, 0.2) is 60.7 Å². The van der Waals surface area contributed by atoms with Crippen LogP contribution in [0.25, 0.3) is 0 Å². The molecular weight excluding hydrogens is 410 g/mol. The molecule has 0 bridgehead atoms. The minimum absolute atomic E-state index is 0.0391. The third kappa shape index (κ3) is 6.31. The highest BCUT2D eigenvalue weighted by Crippen LogP contribution is 2.24. The van der Waals surface area contributed by atoms with Gasteiger partial charge in [0.25, 0.3) is 0 Å². The Balaban J connectivity index is 1.73. The van der Waals surface area contributed by atoms with Crippen LogP contribution in [0.2, 0.25) is 0 Å². The maximum atomic E-state index is 13.5. The highest BCUT2D eigenvalue weighted by molar-refractivity contribution is 5.87. The van der Waals surface area contributed by atoms with Crippen LogP contribution in [0.1, 0.15) is 24.0 Å². The fourth-order valence-electron chi connectivity index (χ4n) is 3.73. The second-order valence-corrected chi connectivity index (χ2v) is 7.76. The number of carbonyl (C=O) groups excluding carboxylic acids is 3. The number of hydrogen-bond acceptors (Lipinski definition) is 5. The van der Waals surface area contributed by atoms with Gasteiger partial charge in [-0.1, -0.05) is 60.7 Å². The molecular formula is C24H29N3O5. The Morgan fingerprint density at radius 3 is 2.25 bits per heavy atom. The summed E-state index contributed by atoms with van der Waals surface area (Å²) in [7, 11) is 1.56. The Morgan fingerprint density at radius 2 is 1.66 bits per heavy atom. The number of nitrogens with two attached hydrogens (primary N) is 1. The molecule has 0 aliphatic carbocycles. The second kappa shape index (κ2) is 11.3. The average Bonchev–Trinajstić information content (AvgIpc) is 3.25. The highest BCUT2D eigenvalue weighted by atomic mass is 16.6. The fourth-order valence-corrected chi connectivity index (χ4v) is 3.73. The first-order chi connectivity index (χ1) is 15.5. The van der Waals surface area contributed by atoms with Gasteiger partial charge in [-0.25, -0.2) is 4.79 Å². The largest absolute Gasteiger partial charge is 0.445 e. The summed E-state index contributed by atoms with van der Waals surface area (Å²) in [4.78, 5) is 40.7. The zero-order valence-corrected chi connectivity index (χ0v) is 18.2. The molecule has 8 heteroatoms. The number of carbonyl (C=O) groups is 3. The molecule has 3 amide bonds. The second-order valence-electron chi connectivity index (χ2n) is 7.76. The minimum atomic E-state index is -0.736. The number of benzene rings is 2. The van der Waals surface area contributed by atoms with E-state index in [4.69, 9.17) is 15.2 Å². The first-order valence-electron chi connectivity index (χ1n) is 10.6. The smallest absolute Gasteiger partial charge is 0.410 e. The zero-order valence-electron chi connectivity index (χ0n) is 18.2. The fraction of sp³-hybridized carbons (Fsp3) is 0.375. The molecule has 1 saturated heterocycles. The molecule has 0 radical (unpaired) electrons. The van der Waals surface area contributed by atoms with Crippen LogP contribution in [0, 0.1) is 0 Å². The van der Waals surface area contributed by atoms with Crippen molar-refractivity contribution < 1.29 is 23.9 Å². The Kier molecular flexibility index (Phi) is 8.21. The maximum Gasteiger partial charge on any atom is 0.410 e. The molecule has 1 heterocycles. The van der Waals surface area contributed by atoms with E-state index >= 15 is 0 Å². The van der Waals surface area contributed by atoms with Gasteiger partial charge in [-0.05, 0) is 11.1 Å². The normalized spacial score (nSPS) is 17.7. The molecule has 170 valence electrons. The van der Waals surface area contributed by atoms with Crippen LogP contribution in [0.3, 0.4) is 0 Å². The van der Waals surface area contributed by atoms with Gasteiger partial charge < -0.3 is 20.1 Å². The number of primary amides is 1. The quantitative estimate of drug-likeness (QED) is 0.646. The van der Waals surface area contributed by atoms with E-state index in [9.17, 15) is 14.4 Å². The Hall–Kier alpha value is -3.39. The Labute approximate surface area is 187 Å². The molecule has 0 unspecified atom stereocenters. The first kappa shape index (κ1) is 23.3. The van der Waals surface area contributed by atoms with E-state index in [0.29, 0.717) is 13.0 Å². The van der Waals surface area contributed by atoms with Gasteiger partial charge in [0.1, 0.15) is 12.6 Å². The number of rotatable bonds is 9. The lowest BCUT2D eigenvalue weighted by Gasteiger charge is -2.29. The van der Waals surface area contributed by atoms with E-state index in [2.05, 4.69) is 0 Å². The molecule has 0 saturated carbocycles. The van der Waals surface area contributed by atoms with Gasteiger partial charge in [0.2, 0.25) is 11.8 Å². The summed E-state index contributed by atoms with van der Waals surface area (Å²) in [5, 5.41) is 0. The number of likely N-dealkylation sites (tertiary alicyclic amines) is 1. The van der Waals surface area contributed by atoms with Gasteiger partial charge in [-0.2, -0.15) is 0 Å². The van der Waals surface area contributed by atoms with Crippen molar-refractivity contribution in [3.8, 4) is 0 Å². The molecule has 8 nitrogen and oxygen atoms in total. The monoisotopic (exact) mass is 439 g/mol. The van der Waals surface area contributed by atoms with Crippen molar-refractivity contribution in [2.45, 2.75) is 38.1 Å². The van der Waals surface area contributed by atoms with Crippen molar-refractivity contribution in [3.05, 3.63) is 71.8 Å². The summed E-state index contributed by atoms with van der Waals surface area (Å²) in [6.45, 7) is 0.859. The van der Waals surface area contributed by atoms with Crippen molar-refractivity contribution in [3.63, 3.8) is 0 Å². The summed E-state index contributed by atoms with van der Waals surface area (Å²) < 4.78 is 10.9. The Morgan fingerprint density at radius 1 is 1.03 bits per heavy atom. The number of methoxy groups -OCH3 is 1. The van der Waals surface area contributed by atoms with Crippen LogP contribution in [-0.2, 0) is 32.2 Å². The van der Waals surface area contributed by atoms with Crippen LogP contribution >= 0.6 is 0 Å². The first-order valence-corrected chi connectivity index (χ1v) is 10.6. The van der Waals surface area contributed by atoms with E-state index < -0.39 is 18.0 Å². The molecule has 2 atom stereocenters. The maximum absolute atomic E-state index is 13.5. The van der Waals surface area contributed by atoms with E-state index in [1.165, 1.54) is 4.90 Å². The van der Waals surface area contributed by atoms with Crippen molar-refractivity contribution in [1.29, 1.82) is 0 Å². The molecule has 2 N–H and O–H groups in total. The van der Waals surface area contributed by atoms with Gasteiger partial charge in [0.05, 0.1) is 12.6 Å². The number of hydrogen-bond donors (Lipinski definition) is 1. The third-order valence-corrected chi connectivity index (χ3v) is 5.48. The summed E-state index contributed by atoms with van der Waals surface area (Å²) in [5.41, 5.74) is 7.10. The van der Waals surface area contributed by atoms with Crippen LogP contribution in [0.4, 0.5) is 4.79 Å². The van der Waals surface area contributed by atoms with Gasteiger partial charge in [-0.3, -0.25) is 14.5 Å². The lowest BCUT2D eigenvalue weighted by molar-refractivity contribution is -0.136. The average molecular weight is 440 g/mol. The minimum Gasteiger partial charge on any atom is -0.445 e. The molecule has 0 aromatic heterocycles. The SMILES string of the molecule is CO[C@@H]1C[C@H](C(=O)N(CCC(N)=O)Cc2ccccc2)N(C(=O)OCc2ccccc2)C1. The van der Waals surface area contributed by atoms with Crippen LogP contribution in [0.5, 0.6) is 0 Å². The summed E-state index contributed by atoms with van der Waals surface area (Å²) in [6, 6.07) is 18.1. The summed E-state index contributed by atoms with van der Waals surface area (Å²) in [6.07, 6.45) is -0.445. The number of nitrogens with zero attached hydrogens (tertiary/aromatic N) is 2. The zero-order chi connectivity index (χ0) is 22.9. The molecule has 32 heavy (non-hydrogen) atoms. The van der Waals surface area contributed by atoms with E-state index in [1.807, 2.05) is 60.7 Å². The molecule has 1 aliphatic heterocycles. The molecule has 1 aliphatic rings. The molecule has 3 rings (SSSR count). The van der Waals surface area contributed by atoms with E-state index in [0.717, 1.165) is 11.1 Å². The third-order valence-electron chi connectivity index (χ3n) is 5.48. The van der Waals surface area contributed by atoms with Crippen molar-refractivity contribution in [2.24, 2.45) is 5.73 Å². The van der Waals surface area contributed by atoms with Gasteiger partial charge in [0.15, 0.2) is 0 Å². The summed E-state index contributed by atoms with van der Waals surface area (Å²) >= 11 is 0. The van der Waals surface area contributed by atoms with Gasteiger partial charge in [0, 0.05) is 33.0 Å².